The number of benzene rings is 2. The maximum Gasteiger partial charge on any atom is 0.171 e. The Balaban J connectivity index is 1.60. The van der Waals surface area contributed by atoms with Gasteiger partial charge in [0.05, 0.1) is 0 Å². The van der Waals surface area contributed by atoms with Gasteiger partial charge in [0.15, 0.2) is 5.11 Å². The summed E-state index contributed by atoms with van der Waals surface area (Å²) >= 11 is 11.5. The zero-order valence-corrected chi connectivity index (χ0v) is 15.6. The lowest BCUT2D eigenvalue weighted by molar-refractivity contribution is 0.362. The Bertz CT molecular complexity index is 709. The third-order valence-electron chi connectivity index (χ3n) is 4.85. The highest BCUT2D eigenvalue weighted by atomic mass is 35.5. The van der Waals surface area contributed by atoms with Crippen LogP contribution in [0.3, 0.4) is 0 Å². The lowest BCUT2D eigenvalue weighted by Crippen LogP contribution is -2.48. The predicted octanol–water partition coefficient (Wildman–Crippen LogP) is 5.71. The average molecular weight is 377 g/mol. The molecule has 2 N–H and O–H groups in total. The van der Waals surface area contributed by atoms with E-state index < -0.39 is 0 Å². The molecule has 0 atom stereocenters. The molecule has 0 saturated heterocycles. The summed E-state index contributed by atoms with van der Waals surface area (Å²) in [4.78, 5) is 0. The molecule has 1 saturated carbocycles. The van der Waals surface area contributed by atoms with Gasteiger partial charge in [-0.3, -0.25) is 0 Å². The zero-order valence-electron chi connectivity index (χ0n) is 14.0. The van der Waals surface area contributed by atoms with E-state index in [0.29, 0.717) is 5.11 Å². The first-order chi connectivity index (χ1) is 12.0. The minimum atomic E-state index is -0.250. The molecule has 0 aliphatic heterocycles. The van der Waals surface area contributed by atoms with Crippen molar-refractivity contribution in [2.24, 2.45) is 0 Å². The molecule has 2 nitrogen and oxygen atoms in total. The summed E-state index contributed by atoms with van der Waals surface area (Å²) in [6, 6.07) is 14.3. The quantitative estimate of drug-likeness (QED) is 0.653. The van der Waals surface area contributed by atoms with Crippen LogP contribution in [0.1, 0.15) is 37.7 Å². The first kappa shape index (κ1) is 18.2. The standard InChI is InChI=1S/C20H22ClFN2S/c21-16-5-3-15(4-6-16)11-14-20(12-1-2-13-20)24-19(25)23-18-9-7-17(22)8-10-18/h3-10H,1-2,11-14H2,(H2,23,24,25). The van der Waals surface area contributed by atoms with Crippen molar-refractivity contribution >= 4 is 34.6 Å². The van der Waals surface area contributed by atoms with Gasteiger partial charge in [-0.15, -0.1) is 0 Å². The maximum absolute atomic E-state index is 13.0. The molecule has 0 amide bonds. The highest BCUT2D eigenvalue weighted by molar-refractivity contribution is 7.80. The van der Waals surface area contributed by atoms with Crippen molar-refractivity contribution in [3.05, 3.63) is 64.9 Å². The lowest BCUT2D eigenvalue weighted by Gasteiger charge is -2.32. The molecule has 0 unspecified atom stereocenters. The van der Waals surface area contributed by atoms with Crippen molar-refractivity contribution in [1.82, 2.24) is 5.32 Å². The second kappa shape index (κ2) is 8.15. The molecule has 1 fully saturated rings. The van der Waals surface area contributed by atoms with Gasteiger partial charge in [-0.25, -0.2) is 4.39 Å². The van der Waals surface area contributed by atoms with Gasteiger partial charge < -0.3 is 10.6 Å². The van der Waals surface area contributed by atoms with Gasteiger partial charge in [-0.05, 0) is 79.9 Å². The number of halogens is 2. The minimum Gasteiger partial charge on any atom is -0.357 e. The van der Waals surface area contributed by atoms with E-state index in [0.717, 1.165) is 36.4 Å². The highest BCUT2D eigenvalue weighted by Crippen LogP contribution is 2.34. The van der Waals surface area contributed by atoms with E-state index in [1.807, 2.05) is 12.1 Å². The van der Waals surface area contributed by atoms with Crippen LogP contribution in [0.2, 0.25) is 5.02 Å². The molecule has 5 heteroatoms. The number of hydrogen-bond donors (Lipinski definition) is 2. The molecular weight excluding hydrogens is 355 g/mol. The van der Waals surface area contributed by atoms with Crippen LogP contribution in [0.15, 0.2) is 48.5 Å². The molecule has 0 aromatic heterocycles. The van der Waals surface area contributed by atoms with Crippen LogP contribution in [-0.2, 0) is 6.42 Å². The average Bonchev–Trinajstić information content (AvgIpc) is 3.05. The smallest absolute Gasteiger partial charge is 0.171 e. The normalized spacial score (nSPS) is 15.8. The van der Waals surface area contributed by atoms with Crippen molar-refractivity contribution in [3.8, 4) is 0 Å². The fourth-order valence-corrected chi connectivity index (χ4v) is 3.92. The summed E-state index contributed by atoms with van der Waals surface area (Å²) in [5.74, 6) is -0.250. The summed E-state index contributed by atoms with van der Waals surface area (Å²) in [6.45, 7) is 0. The topological polar surface area (TPSA) is 24.1 Å². The molecule has 0 heterocycles. The SMILES string of the molecule is Fc1ccc(NC(=S)NC2(CCc3ccc(Cl)cc3)CCCC2)cc1. The molecular formula is C20H22ClFN2S. The third-order valence-corrected chi connectivity index (χ3v) is 5.30. The van der Waals surface area contributed by atoms with E-state index in [1.165, 1.54) is 30.5 Å². The van der Waals surface area contributed by atoms with Crippen molar-refractivity contribution in [1.29, 1.82) is 0 Å². The second-order valence-corrected chi connectivity index (χ2v) is 7.54. The highest BCUT2D eigenvalue weighted by Gasteiger charge is 2.34. The second-order valence-electron chi connectivity index (χ2n) is 6.70. The van der Waals surface area contributed by atoms with Crippen LogP contribution in [-0.4, -0.2) is 10.7 Å². The van der Waals surface area contributed by atoms with Gasteiger partial charge in [0.2, 0.25) is 0 Å². The Hall–Kier alpha value is -1.65. The molecule has 0 bridgehead atoms. The molecule has 0 radical (unpaired) electrons. The van der Waals surface area contributed by atoms with Crippen molar-refractivity contribution in [3.63, 3.8) is 0 Å². The minimum absolute atomic E-state index is 0.0315. The van der Waals surface area contributed by atoms with Gasteiger partial charge >= 0.3 is 0 Å². The Morgan fingerprint density at radius 2 is 1.68 bits per heavy atom. The number of hydrogen-bond acceptors (Lipinski definition) is 1. The molecule has 2 aromatic rings. The van der Waals surface area contributed by atoms with Crippen LogP contribution in [0, 0.1) is 5.82 Å². The van der Waals surface area contributed by atoms with Crippen LogP contribution in [0.5, 0.6) is 0 Å². The molecule has 2 aromatic carbocycles. The molecule has 3 rings (SSSR count). The maximum atomic E-state index is 13.0. The summed E-state index contributed by atoms with van der Waals surface area (Å²) < 4.78 is 13.0. The van der Waals surface area contributed by atoms with Crippen LogP contribution in [0.25, 0.3) is 0 Å². The summed E-state index contributed by atoms with van der Waals surface area (Å²) in [6.07, 6.45) is 6.68. The Morgan fingerprint density at radius 1 is 1.04 bits per heavy atom. The Morgan fingerprint density at radius 3 is 2.32 bits per heavy atom. The number of aryl methyl sites for hydroxylation is 1. The van der Waals surface area contributed by atoms with Crippen molar-refractivity contribution in [2.45, 2.75) is 44.1 Å². The molecule has 132 valence electrons. The first-order valence-electron chi connectivity index (χ1n) is 8.64. The van der Waals surface area contributed by atoms with Crippen LogP contribution in [0.4, 0.5) is 10.1 Å². The Labute approximate surface area is 158 Å². The lowest BCUT2D eigenvalue weighted by atomic mass is 9.89. The predicted molar refractivity (Wildman–Crippen MR) is 107 cm³/mol. The molecule has 1 aliphatic carbocycles. The molecule has 25 heavy (non-hydrogen) atoms. The van der Waals surface area contributed by atoms with E-state index >= 15 is 0 Å². The fraction of sp³-hybridized carbons (Fsp3) is 0.350. The van der Waals surface area contributed by atoms with E-state index in [-0.39, 0.29) is 11.4 Å². The molecule has 0 spiro atoms. The van der Waals surface area contributed by atoms with Gasteiger partial charge in [-0.1, -0.05) is 36.6 Å². The monoisotopic (exact) mass is 376 g/mol. The largest absolute Gasteiger partial charge is 0.357 e. The number of anilines is 1. The van der Waals surface area contributed by atoms with E-state index in [2.05, 4.69) is 22.8 Å². The van der Waals surface area contributed by atoms with Gasteiger partial charge in [-0.2, -0.15) is 0 Å². The number of nitrogens with one attached hydrogen (secondary N) is 2. The van der Waals surface area contributed by atoms with E-state index in [9.17, 15) is 4.39 Å². The van der Waals surface area contributed by atoms with E-state index in [4.69, 9.17) is 23.8 Å². The summed E-state index contributed by atoms with van der Waals surface area (Å²) in [7, 11) is 0. The van der Waals surface area contributed by atoms with Crippen molar-refractivity contribution < 1.29 is 4.39 Å². The zero-order chi connectivity index (χ0) is 17.7. The van der Waals surface area contributed by atoms with Gasteiger partial charge in [0.1, 0.15) is 5.82 Å². The van der Waals surface area contributed by atoms with Crippen molar-refractivity contribution in [2.75, 3.05) is 5.32 Å². The fourth-order valence-electron chi connectivity index (χ4n) is 3.46. The summed E-state index contributed by atoms with van der Waals surface area (Å²) in [5, 5.41) is 8.07. The Kier molecular flexibility index (Phi) is 5.92. The summed E-state index contributed by atoms with van der Waals surface area (Å²) in [5.41, 5.74) is 2.11. The number of rotatable bonds is 5. The van der Waals surface area contributed by atoms with Gasteiger partial charge in [0.25, 0.3) is 0 Å². The first-order valence-corrected chi connectivity index (χ1v) is 9.43. The van der Waals surface area contributed by atoms with Crippen LogP contribution >= 0.6 is 23.8 Å². The third kappa shape index (κ3) is 5.16. The number of thiocarbonyl (C=S) groups is 1. The van der Waals surface area contributed by atoms with Crippen LogP contribution < -0.4 is 10.6 Å². The van der Waals surface area contributed by atoms with Gasteiger partial charge in [0, 0.05) is 16.2 Å². The van der Waals surface area contributed by atoms with E-state index in [1.54, 1.807) is 12.1 Å². The molecule has 1 aliphatic rings.